The molecule has 1 heterocycles. The summed E-state index contributed by atoms with van der Waals surface area (Å²) in [5, 5.41) is 9.36. The van der Waals surface area contributed by atoms with E-state index in [0.29, 0.717) is 5.75 Å². The summed E-state index contributed by atoms with van der Waals surface area (Å²) in [5.74, 6) is 0.302. The standard InChI is InChI=1S/C11H14N2O/c1-2-3-6-13-8-12-10-5-4-9(14)7-11(10)13/h4-5,7-8,14H,2-3,6H2,1H3. The quantitative estimate of drug-likeness (QED) is 0.807. The van der Waals surface area contributed by atoms with E-state index in [1.165, 1.54) is 6.42 Å². The Morgan fingerprint density at radius 3 is 3.07 bits per heavy atom. The van der Waals surface area contributed by atoms with E-state index in [0.717, 1.165) is 24.0 Å². The fraction of sp³-hybridized carbons (Fsp3) is 0.364. The maximum absolute atomic E-state index is 9.36. The molecule has 0 radical (unpaired) electrons. The topological polar surface area (TPSA) is 38.0 Å². The predicted octanol–water partition coefficient (Wildman–Crippen LogP) is 2.54. The first-order valence-corrected chi connectivity index (χ1v) is 4.95. The molecule has 0 aliphatic rings. The zero-order valence-electron chi connectivity index (χ0n) is 8.27. The second kappa shape index (κ2) is 3.70. The van der Waals surface area contributed by atoms with Crippen LogP contribution in [0.25, 0.3) is 11.0 Å². The lowest BCUT2D eigenvalue weighted by Gasteiger charge is -2.02. The minimum atomic E-state index is 0.302. The number of aromatic hydroxyl groups is 1. The molecule has 0 fully saturated rings. The molecule has 0 aliphatic heterocycles. The molecule has 0 saturated carbocycles. The minimum absolute atomic E-state index is 0.302. The number of hydrogen-bond acceptors (Lipinski definition) is 2. The zero-order chi connectivity index (χ0) is 9.97. The molecule has 2 aromatic rings. The molecule has 0 atom stereocenters. The fourth-order valence-corrected chi connectivity index (χ4v) is 1.55. The second-order valence-electron chi connectivity index (χ2n) is 3.46. The maximum atomic E-state index is 9.36. The molecular formula is C11H14N2O. The lowest BCUT2D eigenvalue weighted by Crippen LogP contribution is -1.94. The Balaban J connectivity index is 2.40. The first-order chi connectivity index (χ1) is 6.81. The van der Waals surface area contributed by atoms with Gasteiger partial charge in [-0.25, -0.2) is 4.98 Å². The highest BCUT2D eigenvalue weighted by Gasteiger charge is 2.02. The van der Waals surface area contributed by atoms with Crippen molar-refractivity contribution in [2.45, 2.75) is 26.3 Å². The fourth-order valence-electron chi connectivity index (χ4n) is 1.55. The van der Waals surface area contributed by atoms with Crippen molar-refractivity contribution in [1.29, 1.82) is 0 Å². The molecule has 0 bridgehead atoms. The van der Waals surface area contributed by atoms with Crippen LogP contribution in [0.5, 0.6) is 5.75 Å². The largest absolute Gasteiger partial charge is 0.508 e. The van der Waals surface area contributed by atoms with Crippen molar-refractivity contribution >= 4 is 11.0 Å². The van der Waals surface area contributed by atoms with Gasteiger partial charge in [0.25, 0.3) is 0 Å². The summed E-state index contributed by atoms with van der Waals surface area (Å²) < 4.78 is 2.08. The molecule has 2 rings (SSSR count). The van der Waals surface area contributed by atoms with Crippen molar-refractivity contribution in [3.63, 3.8) is 0 Å². The van der Waals surface area contributed by atoms with E-state index in [1.807, 2.05) is 12.4 Å². The molecule has 1 N–H and O–H groups in total. The van der Waals surface area contributed by atoms with Gasteiger partial charge in [-0.1, -0.05) is 13.3 Å². The number of phenols is 1. The first-order valence-electron chi connectivity index (χ1n) is 4.95. The van der Waals surface area contributed by atoms with Gasteiger partial charge in [0.05, 0.1) is 17.4 Å². The number of fused-ring (bicyclic) bond motifs is 1. The molecule has 0 saturated heterocycles. The number of hydrogen-bond donors (Lipinski definition) is 1. The maximum Gasteiger partial charge on any atom is 0.117 e. The summed E-state index contributed by atoms with van der Waals surface area (Å²) >= 11 is 0. The van der Waals surface area contributed by atoms with Crippen molar-refractivity contribution in [3.05, 3.63) is 24.5 Å². The third-order valence-electron chi connectivity index (χ3n) is 2.36. The molecular weight excluding hydrogens is 176 g/mol. The van der Waals surface area contributed by atoms with Crippen LogP contribution in [0.3, 0.4) is 0 Å². The van der Waals surface area contributed by atoms with E-state index in [2.05, 4.69) is 16.5 Å². The minimum Gasteiger partial charge on any atom is -0.508 e. The van der Waals surface area contributed by atoms with Crippen LogP contribution in [-0.4, -0.2) is 14.7 Å². The van der Waals surface area contributed by atoms with Gasteiger partial charge in [0.1, 0.15) is 5.75 Å². The van der Waals surface area contributed by atoms with Crippen LogP contribution in [0.1, 0.15) is 19.8 Å². The molecule has 1 aromatic heterocycles. The van der Waals surface area contributed by atoms with Gasteiger partial charge in [0, 0.05) is 12.6 Å². The van der Waals surface area contributed by atoms with E-state index in [1.54, 1.807) is 12.1 Å². The lowest BCUT2D eigenvalue weighted by atomic mass is 10.3. The van der Waals surface area contributed by atoms with Gasteiger partial charge >= 0.3 is 0 Å². The Morgan fingerprint density at radius 1 is 1.43 bits per heavy atom. The molecule has 74 valence electrons. The van der Waals surface area contributed by atoms with E-state index in [9.17, 15) is 5.11 Å². The Hall–Kier alpha value is -1.51. The molecule has 0 amide bonds. The first kappa shape index (κ1) is 9.06. The number of nitrogens with zero attached hydrogens (tertiary/aromatic N) is 2. The van der Waals surface area contributed by atoms with Gasteiger partial charge in [-0.3, -0.25) is 0 Å². The molecule has 3 nitrogen and oxygen atoms in total. The highest BCUT2D eigenvalue weighted by molar-refractivity contribution is 5.76. The van der Waals surface area contributed by atoms with E-state index in [4.69, 9.17) is 0 Å². The number of rotatable bonds is 3. The molecule has 1 aromatic carbocycles. The summed E-state index contributed by atoms with van der Waals surface area (Å²) in [5.41, 5.74) is 1.96. The van der Waals surface area contributed by atoms with Crippen molar-refractivity contribution in [1.82, 2.24) is 9.55 Å². The van der Waals surface area contributed by atoms with Gasteiger partial charge in [-0.05, 0) is 18.6 Å². The highest BCUT2D eigenvalue weighted by Crippen LogP contribution is 2.19. The SMILES string of the molecule is CCCCn1cnc2ccc(O)cc21. The van der Waals surface area contributed by atoms with E-state index >= 15 is 0 Å². The van der Waals surface area contributed by atoms with Crippen molar-refractivity contribution < 1.29 is 5.11 Å². The summed E-state index contributed by atoms with van der Waals surface area (Å²) in [7, 11) is 0. The van der Waals surface area contributed by atoms with Gasteiger partial charge in [-0.15, -0.1) is 0 Å². The third kappa shape index (κ3) is 1.58. The number of aromatic nitrogens is 2. The predicted molar refractivity (Wildman–Crippen MR) is 56.3 cm³/mol. The Morgan fingerprint density at radius 2 is 2.29 bits per heavy atom. The summed E-state index contributed by atoms with van der Waals surface area (Å²) in [6, 6.07) is 5.27. The lowest BCUT2D eigenvalue weighted by molar-refractivity contribution is 0.475. The Kier molecular flexibility index (Phi) is 2.39. The molecule has 0 spiro atoms. The summed E-state index contributed by atoms with van der Waals surface area (Å²) in [6.45, 7) is 3.13. The van der Waals surface area contributed by atoms with Crippen LogP contribution in [-0.2, 0) is 6.54 Å². The molecule has 0 unspecified atom stereocenters. The van der Waals surface area contributed by atoms with Crippen LogP contribution in [0.4, 0.5) is 0 Å². The summed E-state index contributed by atoms with van der Waals surface area (Å²) in [4.78, 5) is 4.26. The average Bonchev–Trinajstić information content (AvgIpc) is 2.57. The number of unbranched alkanes of at least 4 members (excludes halogenated alkanes) is 1. The number of imidazole rings is 1. The number of phenolic OH excluding ortho intramolecular Hbond substituents is 1. The van der Waals surface area contributed by atoms with E-state index < -0.39 is 0 Å². The van der Waals surface area contributed by atoms with Crippen molar-refractivity contribution in [2.75, 3.05) is 0 Å². The van der Waals surface area contributed by atoms with Gasteiger partial charge < -0.3 is 9.67 Å². The Labute approximate surface area is 83.0 Å². The van der Waals surface area contributed by atoms with Crippen LogP contribution < -0.4 is 0 Å². The van der Waals surface area contributed by atoms with Gasteiger partial charge in [-0.2, -0.15) is 0 Å². The summed E-state index contributed by atoms with van der Waals surface area (Å²) in [6.07, 6.45) is 4.14. The molecule has 0 aliphatic carbocycles. The van der Waals surface area contributed by atoms with Gasteiger partial charge in [0.15, 0.2) is 0 Å². The van der Waals surface area contributed by atoms with Crippen LogP contribution >= 0.6 is 0 Å². The Bertz CT molecular complexity index is 434. The molecule has 3 heteroatoms. The normalized spacial score (nSPS) is 10.9. The van der Waals surface area contributed by atoms with Gasteiger partial charge in [0.2, 0.25) is 0 Å². The third-order valence-corrected chi connectivity index (χ3v) is 2.36. The second-order valence-corrected chi connectivity index (χ2v) is 3.46. The average molecular weight is 190 g/mol. The monoisotopic (exact) mass is 190 g/mol. The number of aryl methyl sites for hydroxylation is 1. The molecule has 14 heavy (non-hydrogen) atoms. The van der Waals surface area contributed by atoms with Crippen molar-refractivity contribution in [2.24, 2.45) is 0 Å². The highest BCUT2D eigenvalue weighted by atomic mass is 16.3. The number of benzene rings is 1. The smallest absolute Gasteiger partial charge is 0.117 e. The van der Waals surface area contributed by atoms with E-state index in [-0.39, 0.29) is 0 Å². The van der Waals surface area contributed by atoms with Crippen molar-refractivity contribution in [3.8, 4) is 5.75 Å². The van der Waals surface area contributed by atoms with Crippen LogP contribution in [0, 0.1) is 0 Å². The zero-order valence-corrected chi connectivity index (χ0v) is 8.27. The van der Waals surface area contributed by atoms with Crippen LogP contribution in [0.2, 0.25) is 0 Å². The van der Waals surface area contributed by atoms with Crippen LogP contribution in [0.15, 0.2) is 24.5 Å².